The van der Waals surface area contributed by atoms with Crippen molar-refractivity contribution in [2.75, 3.05) is 27.1 Å². The van der Waals surface area contributed by atoms with Crippen LogP contribution in [0.15, 0.2) is 104 Å². The number of ketones is 1. The fourth-order valence-corrected chi connectivity index (χ4v) is 12.2. The smallest absolute Gasteiger partial charge is 0.356 e. The molecular weight excluding hydrogens is 666 g/mol. The largest absolute Gasteiger partial charge is 0.457 e. The highest BCUT2D eigenvalue weighted by Gasteiger charge is 2.59. The molecule has 3 aromatic carbocycles. The molecule has 0 bridgehead atoms. The maximum absolute atomic E-state index is 15.0. The predicted octanol–water partition coefficient (Wildman–Crippen LogP) is 5.90. The predicted molar refractivity (Wildman–Crippen MR) is 205 cm³/mol. The van der Waals surface area contributed by atoms with E-state index in [9.17, 15) is 14.4 Å². The molecule has 268 valence electrons. The van der Waals surface area contributed by atoms with Gasteiger partial charge >= 0.3 is 5.97 Å². The quantitative estimate of drug-likeness (QED) is 0.0347. The molecule has 0 spiro atoms. The molecule has 0 radical (unpaired) electrons. The molecule has 50 heavy (non-hydrogen) atoms. The zero-order valence-electron chi connectivity index (χ0n) is 30.6. The number of amides is 1. The van der Waals surface area contributed by atoms with E-state index < -0.39 is 45.2 Å². The Bertz CT molecular complexity index is 1590. The van der Waals surface area contributed by atoms with Crippen molar-refractivity contribution in [3.63, 3.8) is 0 Å². The number of ether oxygens (including phenoxy) is 3. The van der Waals surface area contributed by atoms with Crippen LogP contribution in [0, 0.1) is 11.8 Å². The number of rotatable bonds is 16. The van der Waals surface area contributed by atoms with Crippen LogP contribution in [-0.4, -0.2) is 75.6 Å². The Hall–Kier alpha value is -3.59. The minimum absolute atomic E-state index is 0.0456. The Balaban J connectivity index is 2.10. The van der Waals surface area contributed by atoms with E-state index in [1.165, 1.54) is 13.2 Å². The van der Waals surface area contributed by atoms with Crippen LogP contribution >= 0.6 is 6.89 Å². The number of β-lactam (4-membered cyclic amide) rings is 1. The summed E-state index contributed by atoms with van der Waals surface area (Å²) in [6, 6.07) is 28.7. The van der Waals surface area contributed by atoms with Crippen molar-refractivity contribution in [3.8, 4) is 0 Å². The van der Waals surface area contributed by atoms with Crippen LogP contribution < -0.4 is 15.9 Å². The molecule has 8 nitrogen and oxygen atoms in total. The number of Topliss-reactive ketones (excluding diaryl/α,β-unsaturated/α-hetero) is 1. The van der Waals surface area contributed by atoms with Gasteiger partial charge in [-0.15, -0.1) is 0 Å². The number of hydrogen-bond acceptors (Lipinski definition) is 7. The Labute approximate surface area is 298 Å². The third-order valence-electron chi connectivity index (χ3n) is 9.94. The Morgan fingerprint density at radius 1 is 0.900 bits per heavy atom. The second-order valence-electron chi connectivity index (χ2n) is 14.2. The molecule has 3 aromatic rings. The van der Waals surface area contributed by atoms with Gasteiger partial charge in [0.05, 0.1) is 18.1 Å². The van der Waals surface area contributed by atoms with Crippen molar-refractivity contribution in [2.45, 2.75) is 64.9 Å². The normalized spacial score (nSPS) is 17.8. The molecule has 0 N–H and O–H groups in total. The lowest BCUT2D eigenvalue weighted by Gasteiger charge is -2.54. The summed E-state index contributed by atoms with van der Waals surface area (Å²) in [7, 11) is -0.851. The lowest BCUT2D eigenvalue weighted by molar-refractivity contribution is -0.162. The molecule has 1 aliphatic rings. The maximum Gasteiger partial charge on any atom is 0.356 e. The molecule has 1 amide bonds. The van der Waals surface area contributed by atoms with Gasteiger partial charge in [-0.1, -0.05) is 131 Å². The summed E-state index contributed by atoms with van der Waals surface area (Å²) in [5.74, 6) is -2.55. The van der Waals surface area contributed by atoms with Crippen LogP contribution in [0.25, 0.3) is 0 Å². The second-order valence-corrected chi connectivity index (χ2v) is 22.3. The minimum atomic E-state index is -3.16. The van der Waals surface area contributed by atoms with Gasteiger partial charge in [-0.25, -0.2) is 4.79 Å². The average Bonchev–Trinajstić information content (AvgIpc) is 3.09. The number of carbonyl (C=O) groups excluding carboxylic acids is 3. The van der Waals surface area contributed by atoms with Crippen LogP contribution in [-0.2, 0) is 33.0 Å². The average molecular weight is 718 g/mol. The maximum atomic E-state index is 15.0. The molecule has 1 fully saturated rings. The molecule has 0 unspecified atom stereocenters. The summed E-state index contributed by atoms with van der Waals surface area (Å²) >= 11 is 0. The molecule has 1 saturated heterocycles. The van der Waals surface area contributed by atoms with E-state index in [1.807, 2.05) is 97.9 Å². The van der Waals surface area contributed by atoms with Crippen molar-refractivity contribution in [3.05, 3.63) is 104 Å². The van der Waals surface area contributed by atoms with Crippen molar-refractivity contribution in [1.82, 2.24) is 4.90 Å². The zero-order valence-corrected chi connectivity index (χ0v) is 32.5. The molecule has 0 saturated carbocycles. The Kier molecular flexibility index (Phi) is 13.0. The van der Waals surface area contributed by atoms with E-state index in [2.05, 4.69) is 40.4 Å². The summed E-state index contributed by atoms with van der Waals surface area (Å²) in [5, 5.41) is 2.49. The molecule has 4 rings (SSSR count). The first-order valence-corrected chi connectivity index (χ1v) is 21.8. The number of hydrogen-bond donors (Lipinski definition) is 0. The highest BCUT2D eigenvalue weighted by atomic mass is 31.2. The van der Waals surface area contributed by atoms with Crippen molar-refractivity contribution in [2.24, 2.45) is 11.8 Å². The molecule has 1 aliphatic heterocycles. The van der Waals surface area contributed by atoms with Gasteiger partial charge in [0.25, 0.3) is 0 Å². The standard InChI is InChI=1S/C40H52NO7PSi/c1-10-26-47-39(44)38(49(31-20-14-11-15-21-31,32-22-16-12-17-23-32)33-24-18-13-19-25-33)41-36(29(2)34(42)27-46-28-45-7)35(37(41)43)30(3)48-50(8,9)40(4,5)6/h10-25,29-30,35-36H,1,26-28H2,2-9H3/t29-,30+,35+,36+/m0/s1. The molecule has 0 aliphatic carbocycles. The summed E-state index contributed by atoms with van der Waals surface area (Å²) in [4.78, 5) is 45.2. The first-order chi connectivity index (χ1) is 23.7. The number of nitrogens with zero attached hydrogens (tertiary/aromatic N) is 1. The number of likely N-dealkylation sites (tertiary alicyclic amines) is 1. The van der Waals surface area contributed by atoms with E-state index in [4.69, 9.17) is 18.6 Å². The Morgan fingerprint density at radius 3 is 1.80 bits per heavy atom. The molecule has 0 aromatic heterocycles. The van der Waals surface area contributed by atoms with Gasteiger partial charge in [0.2, 0.25) is 5.91 Å². The van der Waals surface area contributed by atoms with Gasteiger partial charge < -0.3 is 23.5 Å². The minimum Gasteiger partial charge on any atom is -0.457 e. The zero-order chi connectivity index (χ0) is 36.7. The summed E-state index contributed by atoms with van der Waals surface area (Å²) in [6.07, 6.45) is 0.985. The monoisotopic (exact) mass is 717 g/mol. The summed E-state index contributed by atoms with van der Waals surface area (Å²) in [5.41, 5.74) is 0.214. The van der Waals surface area contributed by atoms with Crippen molar-refractivity contribution >= 4 is 54.2 Å². The van der Waals surface area contributed by atoms with Crippen LogP contribution in [0.3, 0.4) is 0 Å². The SMILES string of the molecule is C=CCOC(=O)C(N1C(=O)[C@H]([C@@H](C)O[Si](C)(C)C(C)(C)C)[C@H]1[C@@H](C)C(=O)COCOC)=P(c1ccccc1)(c1ccccc1)c1ccccc1. The number of benzene rings is 3. The van der Waals surface area contributed by atoms with Gasteiger partial charge in [-0.2, -0.15) is 0 Å². The lowest BCUT2D eigenvalue weighted by Crippen LogP contribution is -2.71. The third-order valence-corrected chi connectivity index (χ3v) is 18.8. The fourth-order valence-electron chi connectivity index (χ4n) is 6.42. The first kappa shape index (κ1) is 39.2. The van der Waals surface area contributed by atoms with E-state index in [1.54, 1.807) is 11.8 Å². The fraction of sp³-hybridized carbons (Fsp3) is 0.400. The highest BCUT2D eigenvalue weighted by Crippen LogP contribution is 2.51. The van der Waals surface area contributed by atoms with Crippen LogP contribution in [0.1, 0.15) is 34.6 Å². The van der Waals surface area contributed by atoms with E-state index in [-0.39, 0.29) is 42.2 Å². The number of carbonyl (C=O) groups is 3. The van der Waals surface area contributed by atoms with Gasteiger partial charge in [0.15, 0.2) is 14.1 Å². The lowest BCUT2D eigenvalue weighted by atomic mass is 9.75. The van der Waals surface area contributed by atoms with Crippen molar-refractivity contribution < 1.29 is 33.0 Å². The van der Waals surface area contributed by atoms with Crippen LogP contribution in [0.5, 0.6) is 0 Å². The van der Waals surface area contributed by atoms with E-state index in [0.29, 0.717) is 0 Å². The van der Waals surface area contributed by atoms with Gasteiger partial charge in [0, 0.05) is 19.9 Å². The number of methoxy groups -OCH3 is 1. The second kappa shape index (κ2) is 16.6. The molecule has 4 atom stereocenters. The summed E-state index contributed by atoms with van der Waals surface area (Å²) < 4.78 is 23.3. The molecular formula is C40H52NO7PSi. The molecule has 10 heteroatoms. The third kappa shape index (κ3) is 7.82. The van der Waals surface area contributed by atoms with Crippen LogP contribution in [0.2, 0.25) is 18.1 Å². The Morgan fingerprint density at radius 2 is 1.38 bits per heavy atom. The highest BCUT2D eigenvalue weighted by molar-refractivity contribution is 7.96. The van der Waals surface area contributed by atoms with Gasteiger partial charge in [-0.05, 0) is 41.0 Å². The van der Waals surface area contributed by atoms with Crippen molar-refractivity contribution in [1.29, 1.82) is 0 Å². The van der Waals surface area contributed by atoms with E-state index >= 15 is 0 Å². The molecule has 1 heterocycles. The van der Waals surface area contributed by atoms with Crippen LogP contribution in [0.4, 0.5) is 0 Å². The van der Waals surface area contributed by atoms with E-state index in [0.717, 1.165) is 15.9 Å². The number of esters is 1. The first-order valence-electron chi connectivity index (χ1n) is 17.1. The van der Waals surface area contributed by atoms with Gasteiger partial charge in [-0.3, -0.25) is 9.59 Å². The van der Waals surface area contributed by atoms with Gasteiger partial charge in [0.1, 0.15) is 25.4 Å². The topological polar surface area (TPSA) is 91.4 Å². The summed E-state index contributed by atoms with van der Waals surface area (Å²) in [6.45, 7) is 14.8.